The van der Waals surface area contributed by atoms with Gasteiger partial charge in [0, 0.05) is 12.7 Å². The van der Waals surface area contributed by atoms with E-state index in [1.54, 1.807) is 57.5 Å². The fourth-order valence-corrected chi connectivity index (χ4v) is 3.11. The van der Waals surface area contributed by atoms with Gasteiger partial charge in [0.2, 0.25) is 0 Å². The van der Waals surface area contributed by atoms with Gasteiger partial charge in [0.15, 0.2) is 5.11 Å². The van der Waals surface area contributed by atoms with Crippen LogP contribution in [0.1, 0.15) is 12.5 Å². The van der Waals surface area contributed by atoms with Crippen LogP contribution in [0.5, 0.6) is 5.75 Å². The minimum Gasteiger partial charge on any atom is -0.497 e. The van der Waals surface area contributed by atoms with Gasteiger partial charge in [0.1, 0.15) is 5.75 Å². The second-order valence-electron chi connectivity index (χ2n) is 5.25. The first-order valence-corrected chi connectivity index (χ1v) is 9.54. The molecule has 0 saturated carbocycles. The zero-order valence-corrected chi connectivity index (χ0v) is 16.2. The Morgan fingerprint density at radius 1 is 1.08 bits per heavy atom. The number of nitrogens with zero attached hydrogens (tertiary/aromatic N) is 1. The monoisotopic (exact) mass is 392 g/mol. The molecule has 7 nitrogen and oxygen atoms in total. The summed E-state index contributed by atoms with van der Waals surface area (Å²) in [6, 6.07) is 13.1. The highest BCUT2D eigenvalue weighted by Gasteiger charge is 2.14. The number of nitrogens with one attached hydrogen (secondary N) is 3. The molecule has 0 amide bonds. The minimum atomic E-state index is -3.68. The number of ether oxygens (including phenoxy) is 1. The van der Waals surface area contributed by atoms with E-state index >= 15 is 0 Å². The van der Waals surface area contributed by atoms with Crippen LogP contribution in [0.25, 0.3) is 0 Å². The molecule has 0 aliphatic carbocycles. The molecule has 26 heavy (non-hydrogen) atoms. The molecule has 0 aliphatic heterocycles. The molecule has 0 aliphatic rings. The van der Waals surface area contributed by atoms with Crippen LogP contribution in [0.4, 0.5) is 5.69 Å². The first-order chi connectivity index (χ1) is 12.4. The first-order valence-electron chi connectivity index (χ1n) is 7.65. The molecule has 2 aromatic rings. The van der Waals surface area contributed by atoms with Crippen LogP contribution in [-0.4, -0.2) is 33.4 Å². The largest absolute Gasteiger partial charge is 0.497 e. The zero-order chi connectivity index (χ0) is 19.2. The summed E-state index contributed by atoms with van der Waals surface area (Å²) < 4.78 is 32.5. The Labute approximate surface area is 158 Å². The van der Waals surface area contributed by atoms with Crippen molar-refractivity contribution in [3.05, 3.63) is 54.1 Å². The Hall–Kier alpha value is -2.65. The number of rotatable bonds is 6. The molecular formula is C17H20N4O3S2. The van der Waals surface area contributed by atoms with Crippen molar-refractivity contribution in [3.8, 4) is 5.75 Å². The molecule has 2 rings (SSSR count). The molecule has 0 aromatic heterocycles. The highest BCUT2D eigenvalue weighted by atomic mass is 32.2. The Bertz CT molecular complexity index is 893. The summed E-state index contributed by atoms with van der Waals surface area (Å²) in [4.78, 5) is 0.156. The van der Waals surface area contributed by atoms with Crippen LogP contribution in [0.3, 0.4) is 0 Å². The number of benzene rings is 2. The van der Waals surface area contributed by atoms with E-state index in [1.165, 1.54) is 12.1 Å². The maximum absolute atomic E-state index is 12.5. The van der Waals surface area contributed by atoms with Crippen LogP contribution in [0, 0.1) is 0 Å². The lowest BCUT2D eigenvalue weighted by Gasteiger charge is -2.10. The highest BCUT2D eigenvalue weighted by Crippen LogP contribution is 2.19. The van der Waals surface area contributed by atoms with Crippen molar-refractivity contribution in [1.82, 2.24) is 10.7 Å². The summed E-state index contributed by atoms with van der Waals surface area (Å²) in [5.74, 6) is 0.651. The quantitative estimate of drug-likeness (QED) is 0.397. The molecular weight excluding hydrogens is 372 g/mol. The number of hydrazone groups is 1. The van der Waals surface area contributed by atoms with Crippen molar-refractivity contribution in [3.63, 3.8) is 0 Å². The average Bonchev–Trinajstić information content (AvgIpc) is 2.66. The van der Waals surface area contributed by atoms with Crippen molar-refractivity contribution in [2.24, 2.45) is 5.10 Å². The molecule has 0 bridgehead atoms. The molecule has 0 unspecified atom stereocenters. The third-order valence-electron chi connectivity index (χ3n) is 3.48. The number of hydrogen-bond donors (Lipinski definition) is 3. The van der Waals surface area contributed by atoms with Crippen LogP contribution in [0.15, 0.2) is 58.5 Å². The molecule has 3 N–H and O–H groups in total. The average molecular weight is 393 g/mol. The summed E-state index contributed by atoms with van der Waals surface area (Å²) in [6.45, 7) is 1.80. The summed E-state index contributed by atoms with van der Waals surface area (Å²) in [5, 5.41) is 7.27. The van der Waals surface area contributed by atoms with E-state index in [0.29, 0.717) is 22.3 Å². The van der Waals surface area contributed by atoms with Crippen molar-refractivity contribution < 1.29 is 13.2 Å². The van der Waals surface area contributed by atoms with Crippen molar-refractivity contribution in [1.29, 1.82) is 0 Å². The van der Waals surface area contributed by atoms with E-state index in [-0.39, 0.29) is 4.90 Å². The zero-order valence-electron chi connectivity index (χ0n) is 14.6. The topological polar surface area (TPSA) is 91.8 Å². The standard InChI is InChI=1S/C17H20N4O3S2/c1-12(19-20-17(25)18-2)13-4-10-16(11-5-13)26(22,23)21-14-6-8-15(24-3)9-7-14/h4-11,21H,1-3H3,(H2,18,20,25)/b19-12-. The van der Waals surface area contributed by atoms with E-state index in [1.807, 2.05) is 0 Å². The number of methoxy groups -OCH3 is 1. The molecule has 0 fully saturated rings. The number of anilines is 1. The van der Waals surface area contributed by atoms with Crippen LogP contribution in [0.2, 0.25) is 0 Å². The number of thiocarbonyl (C=S) groups is 1. The van der Waals surface area contributed by atoms with Gasteiger partial charge in [-0.1, -0.05) is 12.1 Å². The SMILES string of the molecule is CNC(=S)N/N=C(/C)c1ccc(S(=O)(=O)Nc2ccc(OC)cc2)cc1. The minimum absolute atomic E-state index is 0.156. The number of hydrogen-bond acceptors (Lipinski definition) is 5. The Morgan fingerprint density at radius 3 is 2.23 bits per heavy atom. The van der Waals surface area contributed by atoms with Gasteiger partial charge in [-0.3, -0.25) is 10.1 Å². The predicted molar refractivity (Wildman–Crippen MR) is 107 cm³/mol. The van der Waals surface area contributed by atoms with Gasteiger partial charge in [-0.2, -0.15) is 5.10 Å². The van der Waals surface area contributed by atoms with Gasteiger partial charge >= 0.3 is 0 Å². The lowest BCUT2D eigenvalue weighted by molar-refractivity contribution is 0.415. The van der Waals surface area contributed by atoms with Crippen LogP contribution >= 0.6 is 12.2 Å². The summed E-state index contributed by atoms with van der Waals surface area (Å²) >= 11 is 4.95. The Balaban J connectivity index is 2.13. The Morgan fingerprint density at radius 2 is 1.69 bits per heavy atom. The second-order valence-corrected chi connectivity index (χ2v) is 7.34. The molecule has 0 spiro atoms. The van der Waals surface area contributed by atoms with Gasteiger partial charge in [-0.05, 0) is 61.1 Å². The van der Waals surface area contributed by atoms with E-state index in [4.69, 9.17) is 17.0 Å². The summed E-state index contributed by atoms with van der Waals surface area (Å²) in [7, 11) is -0.443. The molecule has 0 saturated heterocycles. The molecule has 2 aromatic carbocycles. The maximum Gasteiger partial charge on any atom is 0.261 e. The van der Waals surface area contributed by atoms with Gasteiger partial charge in [0.25, 0.3) is 10.0 Å². The van der Waals surface area contributed by atoms with Gasteiger partial charge < -0.3 is 10.1 Å². The van der Waals surface area contributed by atoms with Crippen molar-refractivity contribution >= 4 is 38.8 Å². The normalized spacial score (nSPS) is 11.6. The van der Waals surface area contributed by atoms with E-state index < -0.39 is 10.0 Å². The lowest BCUT2D eigenvalue weighted by atomic mass is 10.1. The van der Waals surface area contributed by atoms with Crippen molar-refractivity contribution in [2.75, 3.05) is 18.9 Å². The van der Waals surface area contributed by atoms with E-state index in [9.17, 15) is 8.42 Å². The molecule has 0 atom stereocenters. The maximum atomic E-state index is 12.5. The summed E-state index contributed by atoms with van der Waals surface area (Å²) in [5.41, 5.74) is 4.59. The third-order valence-corrected chi connectivity index (χ3v) is 5.17. The summed E-state index contributed by atoms with van der Waals surface area (Å²) in [6.07, 6.45) is 0. The molecule has 0 radical (unpaired) electrons. The van der Waals surface area contributed by atoms with Crippen LogP contribution < -0.4 is 20.2 Å². The van der Waals surface area contributed by atoms with Gasteiger partial charge in [0.05, 0.1) is 17.7 Å². The fraction of sp³-hybridized carbons (Fsp3) is 0.176. The number of sulfonamides is 1. The second kappa shape index (κ2) is 8.63. The van der Waals surface area contributed by atoms with E-state index in [2.05, 4.69) is 20.6 Å². The fourth-order valence-electron chi connectivity index (χ4n) is 2.00. The lowest BCUT2D eigenvalue weighted by Crippen LogP contribution is -2.29. The van der Waals surface area contributed by atoms with Crippen LogP contribution in [-0.2, 0) is 10.0 Å². The van der Waals surface area contributed by atoms with Gasteiger partial charge in [-0.15, -0.1) is 0 Å². The highest BCUT2D eigenvalue weighted by molar-refractivity contribution is 7.92. The predicted octanol–water partition coefficient (Wildman–Crippen LogP) is 2.31. The van der Waals surface area contributed by atoms with E-state index in [0.717, 1.165) is 5.56 Å². The van der Waals surface area contributed by atoms with Gasteiger partial charge in [-0.25, -0.2) is 8.42 Å². The van der Waals surface area contributed by atoms with Crippen molar-refractivity contribution in [2.45, 2.75) is 11.8 Å². The third kappa shape index (κ3) is 5.17. The first kappa shape index (κ1) is 19.7. The molecule has 0 heterocycles. The Kier molecular flexibility index (Phi) is 6.53. The smallest absolute Gasteiger partial charge is 0.261 e. The molecule has 138 valence electrons. The molecule has 9 heteroatoms.